The van der Waals surface area contributed by atoms with Crippen LogP contribution in [0.3, 0.4) is 0 Å². The maximum atomic E-state index is 14.9. The van der Waals surface area contributed by atoms with Crippen LogP contribution in [-0.4, -0.2) is 11.5 Å². The predicted octanol–water partition coefficient (Wildman–Crippen LogP) is 5.62. The first-order valence-electron chi connectivity index (χ1n) is 8.57. The van der Waals surface area contributed by atoms with Crippen molar-refractivity contribution in [3.63, 3.8) is 0 Å². The standard InChI is InChI=1S/C21H18F3O3P/c1-2-27-28(25,26)21(15-7-11-17(22)12-8-15,16-9-13-18(23)14-10-16)19-5-3-4-6-20(19)24/h3-14H,2H2,1H3,(H,25,26). The smallest absolute Gasteiger partial charge is 0.323 e. The molecule has 3 aromatic rings. The largest absolute Gasteiger partial charge is 0.347 e. The van der Waals surface area contributed by atoms with Gasteiger partial charge in [0.15, 0.2) is 0 Å². The fourth-order valence-electron chi connectivity index (χ4n) is 3.36. The SMILES string of the molecule is CCOP(=O)(O)C(c1ccc(F)cc1)(c1ccc(F)cc1)c1ccccc1F. The van der Waals surface area contributed by atoms with E-state index >= 15 is 0 Å². The Bertz CT molecular complexity index is 959. The van der Waals surface area contributed by atoms with Gasteiger partial charge in [-0.3, -0.25) is 4.57 Å². The molecule has 3 nitrogen and oxygen atoms in total. The van der Waals surface area contributed by atoms with E-state index in [0.717, 1.165) is 30.3 Å². The Morgan fingerprint density at radius 2 is 1.32 bits per heavy atom. The van der Waals surface area contributed by atoms with E-state index in [1.54, 1.807) is 0 Å². The summed E-state index contributed by atoms with van der Waals surface area (Å²) in [6, 6.07) is 15.1. The Morgan fingerprint density at radius 3 is 1.75 bits per heavy atom. The molecule has 0 radical (unpaired) electrons. The van der Waals surface area contributed by atoms with Crippen LogP contribution in [-0.2, 0) is 14.2 Å². The molecule has 0 aliphatic carbocycles. The molecule has 0 saturated heterocycles. The summed E-state index contributed by atoms with van der Waals surface area (Å²) < 4.78 is 60.9. The zero-order valence-electron chi connectivity index (χ0n) is 15.0. The molecule has 0 aromatic heterocycles. The second-order valence-electron chi connectivity index (χ2n) is 6.14. The normalized spacial score (nSPS) is 13.9. The molecular formula is C21H18F3O3P. The van der Waals surface area contributed by atoms with Gasteiger partial charge >= 0.3 is 7.60 Å². The van der Waals surface area contributed by atoms with Crippen LogP contribution in [0.2, 0.25) is 0 Å². The van der Waals surface area contributed by atoms with E-state index in [2.05, 4.69) is 0 Å². The number of benzene rings is 3. The van der Waals surface area contributed by atoms with E-state index in [4.69, 9.17) is 4.52 Å². The number of hydrogen-bond acceptors (Lipinski definition) is 2. The van der Waals surface area contributed by atoms with E-state index in [1.807, 2.05) is 0 Å². The van der Waals surface area contributed by atoms with Crippen LogP contribution in [0.5, 0.6) is 0 Å². The van der Waals surface area contributed by atoms with Crippen molar-refractivity contribution in [2.45, 2.75) is 12.1 Å². The summed E-state index contributed by atoms with van der Waals surface area (Å²) >= 11 is 0. The van der Waals surface area contributed by atoms with Crippen LogP contribution in [0, 0.1) is 17.5 Å². The molecule has 0 aliphatic rings. The van der Waals surface area contributed by atoms with E-state index in [1.165, 1.54) is 49.4 Å². The minimum Gasteiger partial charge on any atom is -0.323 e. The van der Waals surface area contributed by atoms with Crippen LogP contribution in [0.15, 0.2) is 72.8 Å². The van der Waals surface area contributed by atoms with E-state index in [0.29, 0.717) is 0 Å². The van der Waals surface area contributed by atoms with Crippen LogP contribution in [0.4, 0.5) is 13.2 Å². The summed E-state index contributed by atoms with van der Waals surface area (Å²) in [6.07, 6.45) is 0. The lowest BCUT2D eigenvalue weighted by atomic mass is 9.83. The molecular weight excluding hydrogens is 388 g/mol. The first-order valence-corrected chi connectivity index (χ1v) is 10.1. The molecule has 0 saturated carbocycles. The van der Waals surface area contributed by atoms with Crippen LogP contribution < -0.4 is 0 Å². The second-order valence-corrected chi connectivity index (χ2v) is 8.11. The fourth-order valence-corrected chi connectivity index (χ4v) is 5.34. The van der Waals surface area contributed by atoms with Crippen molar-refractivity contribution in [1.82, 2.24) is 0 Å². The van der Waals surface area contributed by atoms with Gasteiger partial charge in [0.2, 0.25) is 0 Å². The van der Waals surface area contributed by atoms with Crippen molar-refractivity contribution in [3.05, 3.63) is 107 Å². The zero-order valence-corrected chi connectivity index (χ0v) is 15.9. The van der Waals surface area contributed by atoms with Crippen molar-refractivity contribution >= 4 is 7.60 Å². The molecule has 0 bridgehead atoms. The minimum absolute atomic E-state index is 0.119. The molecule has 1 atom stereocenters. The molecule has 28 heavy (non-hydrogen) atoms. The molecule has 7 heteroatoms. The quantitative estimate of drug-likeness (QED) is 0.427. The van der Waals surface area contributed by atoms with E-state index in [-0.39, 0.29) is 23.3 Å². The highest BCUT2D eigenvalue weighted by Gasteiger charge is 2.54. The van der Waals surface area contributed by atoms with Gasteiger partial charge in [0.1, 0.15) is 22.6 Å². The minimum atomic E-state index is -4.64. The summed E-state index contributed by atoms with van der Waals surface area (Å²) in [5.74, 6) is -1.87. The monoisotopic (exact) mass is 406 g/mol. The average molecular weight is 406 g/mol. The van der Waals surface area contributed by atoms with Crippen LogP contribution in [0.25, 0.3) is 0 Å². The third-order valence-corrected chi connectivity index (χ3v) is 6.73. The topological polar surface area (TPSA) is 46.5 Å². The average Bonchev–Trinajstić information content (AvgIpc) is 2.66. The molecule has 3 aromatic carbocycles. The molecule has 3 rings (SSSR count). The Morgan fingerprint density at radius 1 is 0.857 bits per heavy atom. The van der Waals surface area contributed by atoms with Crippen molar-refractivity contribution in [3.8, 4) is 0 Å². The van der Waals surface area contributed by atoms with Crippen molar-refractivity contribution in [2.24, 2.45) is 0 Å². The zero-order chi connectivity index (χ0) is 20.4. The Hall–Kier alpha value is -2.40. The summed E-state index contributed by atoms with van der Waals surface area (Å²) in [6.45, 7) is 1.41. The van der Waals surface area contributed by atoms with Gasteiger partial charge < -0.3 is 9.42 Å². The number of hydrogen-bond donors (Lipinski definition) is 1. The van der Waals surface area contributed by atoms with Crippen LogP contribution >= 0.6 is 7.60 Å². The lowest BCUT2D eigenvalue weighted by molar-refractivity contribution is 0.257. The van der Waals surface area contributed by atoms with Gasteiger partial charge in [0.05, 0.1) is 6.61 Å². The maximum absolute atomic E-state index is 14.9. The maximum Gasteiger partial charge on any atom is 0.347 e. The van der Waals surface area contributed by atoms with Gasteiger partial charge in [0.25, 0.3) is 0 Å². The lowest BCUT2D eigenvalue weighted by Crippen LogP contribution is -2.31. The molecule has 0 spiro atoms. The van der Waals surface area contributed by atoms with Crippen molar-refractivity contribution < 1.29 is 27.2 Å². The third-order valence-electron chi connectivity index (χ3n) is 4.52. The van der Waals surface area contributed by atoms with Gasteiger partial charge in [0, 0.05) is 5.56 Å². The van der Waals surface area contributed by atoms with Crippen LogP contribution in [0.1, 0.15) is 23.6 Å². The molecule has 0 amide bonds. The Kier molecular flexibility index (Phi) is 5.75. The molecule has 1 unspecified atom stereocenters. The summed E-state index contributed by atoms with van der Waals surface area (Å²) in [5.41, 5.74) is 0.155. The summed E-state index contributed by atoms with van der Waals surface area (Å²) in [5, 5.41) is -2.02. The fraction of sp³-hybridized carbons (Fsp3) is 0.143. The molecule has 0 aliphatic heterocycles. The molecule has 0 fully saturated rings. The van der Waals surface area contributed by atoms with Gasteiger partial charge in [-0.15, -0.1) is 0 Å². The first kappa shape index (κ1) is 20.3. The highest BCUT2D eigenvalue weighted by atomic mass is 31.2. The van der Waals surface area contributed by atoms with E-state index in [9.17, 15) is 22.6 Å². The molecule has 1 N–H and O–H groups in total. The lowest BCUT2D eigenvalue weighted by Gasteiger charge is -2.38. The van der Waals surface area contributed by atoms with Gasteiger partial charge in [-0.25, -0.2) is 13.2 Å². The summed E-state index contributed by atoms with van der Waals surface area (Å²) in [7, 11) is -4.64. The third kappa shape index (κ3) is 3.39. The van der Waals surface area contributed by atoms with Crippen molar-refractivity contribution in [1.29, 1.82) is 0 Å². The first-order chi connectivity index (χ1) is 13.3. The van der Waals surface area contributed by atoms with Crippen molar-refractivity contribution in [2.75, 3.05) is 6.61 Å². The number of halogens is 3. The number of rotatable bonds is 6. The van der Waals surface area contributed by atoms with E-state index < -0.39 is 30.2 Å². The van der Waals surface area contributed by atoms with Gasteiger partial charge in [-0.1, -0.05) is 42.5 Å². The highest BCUT2D eigenvalue weighted by molar-refractivity contribution is 7.54. The molecule has 0 heterocycles. The Balaban J connectivity index is 2.48. The second kappa shape index (κ2) is 7.92. The summed E-state index contributed by atoms with van der Waals surface area (Å²) in [4.78, 5) is 11.0. The van der Waals surface area contributed by atoms with Gasteiger partial charge in [-0.2, -0.15) is 0 Å². The van der Waals surface area contributed by atoms with Gasteiger partial charge in [-0.05, 0) is 48.4 Å². The Labute approximate surface area is 161 Å². The highest BCUT2D eigenvalue weighted by Crippen LogP contribution is 2.67. The molecule has 146 valence electrons. The predicted molar refractivity (Wildman–Crippen MR) is 101 cm³/mol.